The van der Waals surface area contributed by atoms with Gasteiger partial charge in [0, 0.05) is 12.6 Å². The first-order valence-electron chi connectivity index (χ1n) is 5.61. The van der Waals surface area contributed by atoms with E-state index >= 15 is 0 Å². The van der Waals surface area contributed by atoms with Crippen LogP contribution in [0.3, 0.4) is 0 Å². The second-order valence-electron chi connectivity index (χ2n) is 4.15. The van der Waals surface area contributed by atoms with Crippen LogP contribution < -0.4 is 0 Å². The van der Waals surface area contributed by atoms with E-state index in [1.165, 1.54) is 0 Å². The zero-order valence-electron chi connectivity index (χ0n) is 10.1. The van der Waals surface area contributed by atoms with Crippen molar-refractivity contribution in [2.45, 2.75) is 10.9 Å². The maximum Gasteiger partial charge on any atom is 0.324 e. The molecule has 2 rings (SSSR count). The minimum Gasteiger partial charge on any atom is -0.480 e. The Morgan fingerprint density at radius 3 is 2.45 bits per heavy atom. The molecular weight excluding hydrogens is 296 g/mol. The van der Waals surface area contributed by atoms with Crippen molar-refractivity contribution in [3.8, 4) is 0 Å². The minimum atomic E-state index is -4.31. The quantitative estimate of drug-likeness (QED) is 0.876. The second kappa shape index (κ2) is 5.43. The summed E-state index contributed by atoms with van der Waals surface area (Å²) in [7, 11) is -4.31. The normalized spacial score (nSPS) is 20.8. The van der Waals surface area contributed by atoms with Crippen molar-refractivity contribution >= 4 is 16.0 Å². The van der Waals surface area contributed by atoms with Gasteiger partial charge in [0.05, 0.1) is 18.1 Å². The molecule has 1 aliphatic heterocycles. The number of benzene rings is 1. The molecule has 9 heteroatoms. The molecular formula is C11H11F2NO5S. The van der Waals surface area contributed by atoms with Crippen LogP contribution in [0.1, 0.15) is 0 Å². The minimum absolute atomic E-state index is 0.0147. The number of aliphatic carboxylic acids is 1. The van der Waals surface area contributed by atoms with Crippen molar-refractivity contribution in [3.05, 3.63) is 29.8 Å². The van der Waals surface area contributed by atoms with Crippen LogP contribution in [0.15, 0.2) is 23.1 Å². The first kappa shape index (κ1) is 14.8. The lowest BCUT2D eigenvalue weighted by atomic mass is 10.3. The van der Waals surface area contributed by atoms with Crippen LogP contribution in [0.2, 0.25) is 0 Å². The van der Waals surface area contributed by atoms with Crippen LogP contribution in [0.5, 0.6) is 0 Å². The van der Waals surface area contributed by atoms with Gasteiger partial charge in [0.1, 0.15) is 17.7 Å². The van der Waals surface area contributed by atoms with E-state index in [0.29, 0.717) is 22.5 Å². The van der Waals surface area contributed by atoms with Gasteiger partial charge in [0.15, 0.2) is 0 Å². The van der Waals surface area contributed by atoms with Gasteiger partial charge in [-0.3, -0.25) is 4.79 Å². The molecule has 1 aromatic rings. The summed E-state index contributed by atoms with van der Waals surface area (Å²) < 4.78 is 56.4. The monoisotopic (exact) mass is 307 g/mol. The Hall–Kier alpha value is -1.58. The molecule has 0 bridgehead atoms. The Kier molecular flexibility index (Phi) is 4.02. The average Bonchev–Trinajstić information content (AvgIpc) is 2.37. The summed E-state index contributed by atoms with van der Waals surface area (Å²) in [5, 5.41) is 8.99. The highest BCUT2D eigenvalue weighted by molar-refractivity contribution is 7.89. The standard InChI is InChI=1S/C11H11F2NO5S/c12-7-3-8(13)5-9(4-7)20(17,18)14-1-2-19-6-10(14)11(15)16/h3-5,10H,1-2,6H2,(H,15,16). The van der Waals surface area contributed by atoms with Gasteiger partial charge < -0.3 is 9.84 Å². The molecule has 1 aromatic carbocycles. The first-order valence-corrected chi connectivity index (χ1v) is 7.05. The highest BCUT2D eigenvalue weighted by atomic mass is 32.2. The topological polar surface area (TPSA) is 83.9 Å². The number of ether oxygens (including phenoxy) is 1. The molecule has 1 fully saturated rings. The number of carboxylic acids is 1. The second-order valence-corrected chi connectivity index (χ2v) is 6.04. The predicted molar refractivity (Wildman–Crippen MR) is 62.5 cm³/mol. The van der Waals surface area contributed by atoms with Gasteiger partial charge >= 0.3 is 5.97 Å². The summed E-state index contributed by atoms with van der Waals surface area (Å²) in [6.07, 6.45) is 0. The molecule has 1 saturated heterocycles. The molecule has 1 atom stereocenters. The molecule has 0 aromatic heterocycles. The molecule has 1 heterocycles. The van der Waals surface area contributed by atoms with E-state index in [-0.39, 0.29) is 19.8 Å². The van der Waals surface area contributed by atoms with E-state index in [1.54, 1.807) is 0 Å². The zero-order valence-corrected chi connectivity index (χ0v) is 10.9. The molecule has 0 amide bonds. The van der Waals surface area contributed by atoms with Gasteiger partial charge in [-0.25, -0.2) is 17.2 Å². The predicted octanol–water partition coefficient (Wildman–Crippen LogP) is 0.439. The summed E-state index contributed by atoms with van der Waals surface area (Å²) in [6, 6.07) is 0.409. The van der Waals surface area contributed by atoms with E-state index in [9.17, 15) is 22.0 Å². The first-order chi connectivity index (χ1) is 9.32. The molecule has 1 unspecified atom stereocenters. The molecule has 1 N–H and O–H groups in total. The van der Waals surface area contributed by atoms with E-state index in [1.807, 2.05) is 0 Å². The number of carbonyl (C=O) groups is 1. The van der Waals surface area contributed by atoms with Crippen molar-refractivity contribution in [1.82, 2.24) is 4.31 Å². The van der Waals surface area contributed by atoms with Gasteiger partial charge in [-0.15, -0.1) is 0 Å². The van der Waals surface area contributed by atoms with Crippen molar-refractivity contribution in [2.75, 3.05) is 19.8 Å². The van der Waals surface area contributed by atoms with Crippen LogP contribution >= 0.6 is 0 Å². The highest BCUT2D eigenvalue weighted by Gasteiger charge is 2.38. The number of hydrogen-bond acceptors (Lipinski definition) is 4. The lowest BCUT2D eigenvalue weighted by Gasteiger charge is -2.31. The molecule has 6 nitrogen and oxygen atoms in total. The lowest BCUT2D eigenvalue weighted by Crippen LogP contribution is -2.52. The van der Waals surface area contributed by atoms with Crippen molar-refractivity contribution in [3.63, 3.8) is 0 Å². The molecule has 0 spiro atoms. The number of carboxylic acid groups (broad SMARTS) is 1. The largest absolute Gasteiger partial charge is 0.480 e. The Balaban J connectivity index is 2.44. The molecule has 0 aliphatic carbocycles. The summed E-state index contributed by atoms with van der Waals surface area (Å²) in [4.78, 5) is 10.4. The smallest absolute Gasteiger partial charge is 0.324 e. The molecule has 0 radical (unpaired) electrons. The van der Waals surface area contributed by atoms with Crippen molar-refractivity contribution < 1.29 is 31.8 Å². The van der Waals surface area contributed by atoms with E-state index in [2.05, 4.69) is 0 Å². The fourth-order valence-corrected chi connectivity index (χ4v) is 3.48. The number of halogens is 2. The van der Waals surface area contributed by atoms with Crippen LogP contribution in [-0.2, 0) is 19.6 Å². The zero-order chi connectivity index (χ0) is 14.9. The Morgan fingerprint density at radius 2 is 1.90 bits per heavy atom. The molecule has 110 valence electrons. The number of nitrogens with zero attached hydrogens (tertiary/aromatic N) is 1. The van der Waals surface area contributed by atoms with Gasteiger partial charge in [-0.1, -0.05) is 0 Å². The number of sulfonamides is 1. The Labute approximate surface area is 113 Å². The number of morpholine rings is 1. The fraction of sp³-hybridized carbons (Fsp3) is 0.364. The van der Waals surface area contributed by atoms with E-state index in [4.69, 9.17) is 9.84 Å². The molecule has 0 saturated carbocycles. The summed E-state index contributed by atoms with van der Waals surface area (Å²) in [6.45, 7) is -0.495. The molecule has 1 aliphatic rings. The van der Waals surface area contributed by atoms with Gasteiger partial charge in [0.2, 0.25) is 10.0 Å². The van der Waals surface area contributed by atoms with Crippen molar-refractivity contribution in [2.24, 2.45) is 0 Å². The molecule has 20 heavy (non-hydrogen) atoms. The van der Waals surface area contributed by atoms with Gasteiger partial charge in [-0.05, 0) is 12.1 Å². The number of rotatable bonds is 3. The van der Waals surface area contributed by atoms with E-state index in [0.717, 1.165) is 0 Å². The fourth-order valence-electron chi connectivity index (χ4n) is 1.88. The number of hydrogen-bond donors (Lipinski definition) is 1. The van der Waals surface area contributed by atoms with Crippen LogP contribution in [0.4, 0.5) is 8.78 Å². The highest BCUT2D eigenvalue weighted by Crippen LogP contribution is 2.22. The summed E-state index contributed by atoms with van der Waals surface area (Å²) in [5.74, 6) is -3.49. The SMILES string of the molecule is O=C(O)C1COCCN1S(=O)(=O)c1cc(F)cc(F)c1. The van der Waals surface area contributed by atoms with Crippen molar-refractivity contribution in [1.29, 1.82) is 0 Å². The maximum absolute atomic E-state index is 13.1. The van der Waals surface area contributed by atoms with Crippen LogP contribution in [0, 0.1) is 11.6 Å². The van der Waals surface area contributed by atoms with Crippen LogP contribution in [-0.4, -0.2) is 49.6 Å². The average molecular weight is 307 g/mol. The Morgan fingerprint density at radius 1 is 1.30 bits per heavy atom. The summed E-state index contributed by atoms with van der Waals surface area (Å²) >= 11 is 0. The third-order valence-electron chi connectivity index (χ3n) is 2.81. The third kappa shape index (κ3) is 2.79. The lowest BCUT2D eigenvalue weighted by molar-refractivity contribution is -0.146. The third-order valence-corrected chi connectivity index (χ3v) is 4.69. The van der Waals surface area contributed by atoms with Gasteiger partial charge in [0.25, 0.3) is 0 Å². The van der Waals surface area contributed by atoms with E-state index < -0.39 is 38.6 Å². The van der Waals surface area contributed by atoms with Gasteiger partial charge in [-0.2, -0.15) is 4.31 Å². The Bertz CT molecular complexity index is 613. The summed E-state index contributed by atoms with van der Waals surface area (Å²) in [5.41, 5.74) is 0. The van der Waals surface area contributed by atoms with Crippen LogP contribution in [0.25, 0.3) is 0 Å². The maximum atomic E-state index is 13.1.